The highest BCUT2D eigenvalue weighted by molar-refractivity contribution is 5.00. The Morgan fingerprint density at radius 1 is 1.35 bits per heavy atom. The van der Waals surface area contributed by atoms with Crippen molar-refractivity contribution in [1.29, 1.82) is 0 Å². The second-order valence-electron chi connectivity index (χ2n) is 6.79. The molecular formula is C14H25F3N2O. The monoisotopic (exact) mass is 294 g/mol. The number of ether oxygens (including phenoxy) is 1. The largest absolute Gasteiger partial charge is 0.391 e. The molecule has 118 valence electrons. The maximum atomic E-state index is 13.1. The second-order valence-corrected chi connectivity index (χ2v) is 6.79. The Hall–Kier alpha value is -0.330. The third kappa shape index (κ3) is 3.28. The quantitative estimate of drug-likeness (QED) is 0.850. The summed E-state index contributed by atoms with van der Waals surface area (Å²) in [5, 5.41) is 0. The molecule has 0 radical (unpaired) electrons. The molecule has 1 aliphatic carbocycles. The van der Waals surface area contributed by atoms with E-state index in [9.17, 15) is 13.2 Å². The minimum atomic E-state index is -4.11. The van der Waals surface area contributed by atoms with Gasteiger partial charge < -0.3 is 10.5 Å². The number of hydrogen-bond acceptors (Lipinski definition) is 3. The summed E-state index contributed by atoms with van der Waals surface area (Å²) >= 11 is 0. The third-order valence-electron chi connectivity index (χ3n) is 4.76. The van der Waals surface area contributed by atoms with Crippen LogP contribution in [0.1, 0.15) is 39.5 Å². The number of hydrogen-bond donors (Lipinski definition) is 1. The van der Waals surface area contributed by atoms with E-state index < -0.39 is 17.6 Å². The van der Waals surface area contributed by atoms with Gasteiger partial charge in [-0.15, -0.1) is 0 Å². The van der Waals surface area contributed by atoms with E-state index in [0.717, 1.165) is 6.42 Å². The number of halogens is 3. The van der Waals surface area contributed by atoms with Crippen molar-refractivity contribution < 1.29 is 17.9 Å². The van der Waals surface area contributed by atoms with Gasteiger partial charge >= 0.3 is 6.18 Å². The Morgan fingerprint density at radius 2 is 2.05 bits per heavy atom. The molecule has 0 aromatic carbocycles. The van der Waals surface area contributed by atoms with Gasteiger partial charge in [-0.05, 0) is 33.1 Å². The Morgan fingerprint density at radius 3 is 2.60 bits per heavy atom. The summed E-state index contributed by atoms with van der Waals surface area (Å²) in [6.07, 6.45) is -2.39. The Balaban J connectivity index is 2.16. The normalized spacial score (nSPS) is 36.0. The first-order valence-electron chi connectivity index (χ1n) is 7.34. The molecule has 2 atom stereocenters. The summed E-state index contributed by atoms with van der Waals surface area (Å²) in [6, 6.07) is 0. The van der Waals surface area contributed by atoms with E-state index in [2.05, 4.69) is 4.90 Å². The molecule has 2 N–H and O–H groups in total. The smallest absolute Gasteiger partial charge is 0.373 e. The van der Waals surface area contributed by atoms with Crippen molar-refractivity contribution in [1.82, 2.24) is 4.90 Å². The van der Waals surface area contributed by atoms with Crippen molar-refractivity contribution in [2.45, 2.75) is 56.8 Å². The first kappa shape index (κ1) is 16.0. The van der Waals surface area contributed by atoms with Gasteiger partial charge in [-0.3, -0.25) is 4.90 Å². The lowest BCUT2D eigenvalue weighted by atomic mass is 9.73. The van der Waals surface area contributed by atoms with Crippen LogP contribution in [0.25, 0.3) is 0 Å². The van der Waals surface area contributed by atoms with Gasteiger partial charge in [-0.1, -0.05) is 6.42 Å². The third-order valence-corrected chi connectivity index (χ3v) is 4.76. The predicted octanol–water partition coefficient (Wildman–Crippen LogP) is 2.55. The van der Waals surface area contributed by atoms with E-state index in [0.29, 0.717) is 26.1 Å². The van der Waals surface area contributed by atoms with Crippen molar-refractivity contribution in [3.05, 3.63) is 0 Å². The summed E-state index contributed by atoms with van der Waals surface area (Å²) in [4.78, 5) is 2.15. The lowest BCUT2D eigenvalue weighted by Gasteiger charge is -2.52. The highest BCUT2D eigenvalue weighted by Crippen LogP contribution is 2.44. The zero-order valence-electron chi connectivity index (χ0n) is 12.3. The van der Waals surface area contributed by atoms with Crippen LogP contribution in [0.15, 0.2) is 0 Å². The number of alkyl halides is 3. The van der Waals surface area contributed by atoms with E-state index in [4.69, 9.17) is 10.5 Å². The summed E-state index contributed by atoms with van der Waals surface area (Å²) in [7, 11) is 0. The minimum absolute atomic E-state index is 0.128. The average Bonchev–Trinajstić information content (AvgIpc) is 2.36. The Bertz CT molecular complexity index is 343. The SMILES string of the molecule is CC1(C)CN(C2(CN)CCCC(C(F)(F)F)C2)CCO1. The lowest BCUT2D eigenvalue weighted by Crippen LogP contribution is -2.63. The Kier molecular flexibility index (Phi) is 4.38. The second kappa shape index (κ2) is 5.46. The van der Waals surface area contributed by atoms with Crippen LogP contribution in [0.4, 0.5) is 13.2 Å². The minimum Gasteiger partial charge on any atom is -0.373 e. The van der Waals surface area contributed by atoms with Crippen LogP contribution in [0.5, 0.6) is 0 Å². The van der Waals surface area contributed by atoms with Gasteiger partial charge in [0.05, 0.1) is 18.1 Å². The Labute approximate surface area is 118 Å². The van der Waals surface area contributed by atoms with Gasteiger partial charge in [-0.25, -0.2) is 0 Å². The van der Waals surface area contributed by atoms with Gasteiger partial charge in [0.15, 0.2) is 0 Å². The first-order valence-corrected chi connectivity index (χ1v) is 7.34. The molecular weight excluding hydrogens is 269 g/mol. The van der Waals surface area contributed by atoms with Crippen LogP contribution >= 0.6 is 0 Å². The van der Waals surface area contributed by atoms with Crippen molar-refractivity contribution in [2.24, 2.45) is 11.7 Å². The summed E-state index contributed by atoms with van der Waals surface area (Å²) in [6.45, 7) is 6.13. The van der Waals surface area contributed by atoms with Crippen LogP contribution in [0.3, 0.4) is 0 Å². The maximum absolute atomic E-state index is 13.1. The van der Waals surface area contributed by atoms with Gasteiger partial charge in [0, 0.05) is 25.2 Å². The predicted molar refractivity (Wildman–Crippen MR) is 71.4 cm³/mol. The molecule has 1 saturated carbocycles. The highest BCUT2D eigenvalue weighted by atomic mass is 19.4. The first-order chi connectivity index (χ1) is 9.19. The van der Waals surface area contributed by atoms with Gasteiger partial charge in [0.2, 0.25) is 0 Å². The summed E-state index contributed by atoms with van der Waals surface area (Å²) < 4.78 is 44.8. The molecule has 2 rings (SSSR count). The number of nitrogens with zero attached hydrogens (tertiary/aromatic N) is 1. The molecule has 1 saturated heterocycles. The zero-order valence-corrected chi connectivity index (χ0v) is 12.3. The number of morpholine rings is 1. The van der Waals surface area contributed by atoms with E-state index in [1.807, 2.05) is 13.8 Å². The maximum Gasteiger partial charge on any atom is 0.391 e. The zero-order chi connectivity index (χ0) is 15.0. The number of nitrogens with two attached hydrogens (primary N) is 1. The molecule has 0 aromatic heterocycles. The van der Waals surface area contributed by atoms with Crippen LogP contribution in [0.2, 0.25) is 0 Å². The average molecular weight is 294 g/mol. The molecule has 6 heteroatoms. The van der Waals surface area contributed by atoms with Crippen LogP contribution < -0.4 is 5.73 Å². The molecule has 0 amide bonds. The van der Waals surface area contributed by atoms with Crippen molar-refractivity contribution in [3.8, 4) is 0 Å². The van der Waals surface area contributed by atoms with E-state index in [1.54, 1.807) is 0 Å². The van der Waals surface area contributed by atoms with Crippen molar-refractivity contribution in [3.63, 3.8) is 0 Å². The van der Waals surface area contributed by atoms with E-state index in [-0.39, 0.29) is 25.0 Å². The van der Waals surface area contributed by atoms with Crippen molar-refractivity contribution >= 4 is 0 Å². The molecule has 1 heterocycles. The van der Waals surface area contributed by atoms with Gasteiger partial charge in [0.25, 0.3) is 0 Å². The van der Waals surface area contributed by atoms with Gasteiger partial charge in [0.1, 0.15) is 0 Å². The highest BCUT2D eigenvalue weighted by Gasteiger charge is 2.50. The van der Waals surface area contributed by atoms with Crippen LogP contribution in [-0.2, 0) is 4.74 Å². The fourth-order valence-electron chi connectivity index (χ4n) is 3.64. The summed E-state index contributed by atoms with van der Waals surface area (Å²) in [5.74, 6) is -1.22. The van der Waals surface area contributed by atoms with Crippen LogP contribution in [-0.4, -0.2) is 48.5 Å². The topological polar surface area (TPSA) is 38.5 Å². The molecule has 0 aromatic rings. The molecule has 1 aliphatic heterocycles. The van der Waals surface area contributed by atoms with Gasteiger partial charge in [-0.2, -0.15) is 13.2 Å². The molecule has 0 bridgehead atoms. The van der Waals surface area contributed by atoms with Crippen LogP contribution in [0, 0.1) is 5.92 Å². The number of rotatable bonds is 2. The molecule has 2 fully saturated rings. The molecule has 2 aliphatic rings. The van der Waals surface area contributed by atoms with E-state index in [1.165, 1.54) is 0 Å². The molecule has 20 heavy (non-hydrogen) atoms. The molecule has 3 nitrogen and oxygen atoms in total. The molecule has 2 unspecified atom stereocenters. The molecule has 0 spiro atoms. The lowest BCUT2D eigenvalue weighted by molar-refractivity contribution is -0.200. The van der Waals surface area contributed by atoms with Crippen molar-refractivity contribution in [2.75, 3.05) is 26.2 Å². The summed E-state index contributed by atoms with van der Waals surface area (Å²) in [5.41, 5.74) is 5.09. The fraction of sp³-hybridized carbons (Fsp3) is 1.00. The van der Waals surface area contributed by atoms with E-state index >= 15 is 0 Å². The standard InChI is InChI=1S/C14H25F3N2O/c1-12(2)10-19(6-7-20-12)13(9-18)5-3-4-11(8-13)14(15,16)17/h11H,3-10,18H2,1-2H3. The fourth-order valence-corrected chi connectivity index (χ4v) is 3.64.